The largest absolute Gasteiger partial charge is 0.325 e. The number of thioether (sulfide) groups is 1. The van der Waals surface area contributed by atoms with Gasteiger partial charge in [0.25, 0.3) is 5.56 Å². The molecule has 0 aliphatic rings. The lowest BCUT2D eigenvalue weighted by Crippen LogP contribution is -2.23. The Kier molecular flexibility index (Phi) is 6.49. The van der Waals surface area contributed by atoms with E-state index in [2.05, 4.69) is 32.3 Å². The van der Waals surface area contributed by atoms with Gasteiger partial charge in [0.15, 0.2) is 5.16 Å². The van der Waals surface area contributed by atoms with E-state index >= 15 is 0 Å². The van der Waals surface area contributed by atoms with Gasteiger partial charge in [-0.15, -0.1) is 10.2 Å². The molecule has 31 heavy (non-hydrogen) atoms. The van der Waals surface area contributed by atoms with Crippen molar-refractivity contribution in [1.29, 1.82) is 0 Å². The van der Waals surface area contributed by atoms with E-state index in [4.69, 9.17) is 11.6 Å². The van der Waals surface area contributed by atoms with Crippen molar-refractivity contribution in [3.05, 3.63) is 110 Å². The van der Waals surface area contributed by atoms with Crippen LogP contribution >= 0.6 is 23.4 Å². The fourth-order valence-electron chi connectivity index (χ4n) is 3.01. The summed E-state index contributed by atoms with van der Waals surface area (Å²) >= 11 is 7.58. The van der Waals surface area contributed by atoms with Crippen molar-refractivity contribution in [3.8, 4) is 5.69 Å². The first kappa shape index (κ1) is 20.9. The molecule has 0 atom stereocenters. The Morgan fingerprint density at radius 3 is 2.52 bits per heavy atom. The molecule has 0 radical (unpaired) electrons. The molecule has 7 nitrogen and oxygen atoms in total. The van der Waals surface area contributed by atoms with Gasteiger partial charge in [0.05, 0.1) is 0 Å². The van der Waals surface area contributed by atoms with Crippen molar-refractivity contribution in [1.82, 2.24) is 24.7 Å². The summed E-state index contributed by atoms with van der Waals surface area (Å²) in [5.41, 5.74) is 1.40. The van der Waals surface area contributed by atoms with Gasteiger partial charge in [0, 0.05) is 34.6 Å². The second kappa shape index (κ2) is 9.63. The van der Waals surface area contributed by atoms with Crippen LogP contribution in [0, 0.1) is 0 Å². The van der Waals surface area contributed by atoms with E-state index in [9.17, 15) is 9.59 Å². The summed E-state index contributed by atoms with van der Waals surface area (Å²) in [5.74, 6) is 1.29. The van der Waals surface area contributed by atoms with Gasteiger partial charge in [-0.05, 0) is 29.8 Å². The smallest absolute Gasteiger partial charge is 0.311 e. The summed E-state index contributed by atoms with van der Waals surface area (Å²) in [4.78, 5) is 28.1. The van der Waals surface area contributed by atoms with E-state index in [0.29, 0.717) is 27.5 Å². The lowest BCUT2D eigenvalue weighted by Gasteiger charge is -2.10. The number of rotatable bonds is 7. The summed E-state index contributed by atoms with van der Waals surface area (Å²) < 4.78 is 1.90. The van der Waals surface area contributed by atoms with Crippen molar-refractivity contribution in [2.24, 2.45) is 0 Å². The average molecular weight is 452 g/mol. The molecule has 2 heterocycles. The van der Waals surface area contributed by atoms with Gasteiger partial charge in [-0.3, -0.25) is 14.3 Å². The number of hydrogen-bond acceptors (Lipinski definition) is 5. The minimum absolute atomic E-state index is 0.245. The van der Waals surface area contributed by atoms with Gasteiger partial charge in [0.2, 0.25) is 0 Å². The minimum atomic E-state index is -0.555. The lowest BCUT2D eigenvalue weighted by molar-refractivity contribution is 0.830. The third-order valence-corrected chi connectivity index (χ3v) is 5.50. The second-order valence-corrected chi connectivity index (χ2v) is 8.05. The van der Waals surface area contributed by atoms with E-state index in [1.165, 1.54) is 17.8 Å². The SMILES string of the molecule is O=c1cc(Cc2nnc(SCC=Cc3ccccc3)n2-c2ccc(Cl)cc2)[nH]c(=O)[nH]1. The van der Waals surface area contributed by atoms with Crippen LogP contribution in [0.4, 0.5) is 0 Å². The summed E-state index contributed by atoms with van der Waals surface area (Å²) in [6.07, 6.45) is 4.36. The first-order chi connectivity index (χ1) is 15.1. The van der Waals surface area contributed by atoms with Crippen LogP contribution < -0.4 is 11.2 Å². The van der Waals surface area contributed by atoms with E-state index in [1.807, 2.05) is 47.0 Å². The molecule has 0 saturated heterocycles. The van der Waals surface area contributed by atoms with Gasteiger partial charge in [-0.25, -0.2) is 4.79 Å². The molecular formula is C22H18ClN5O2S. The Labute approximate surface area is 186 Å². The standard InChI is InChI=1S/C22H18ClN5O2S/c23-16-8-10-18(11-9-16)28-19(13-17-14-20(29)25-21(30)24-17)26-27-22(28)31-12-4-7-15-5-2-1-3-6-15/h1-11,14H,12-13H2,(H2,24,25,29,30). The molecule has 0 saturated carbocycles. The topological polar surface area (TPSA) is 96.4 Å². The lowest BCUT2D eigenvalue weighted by atomic mass is 10.2. The number of benzene rings is 2. The molecule has 0 spiro atoms. The van der Waals surface area contributed by atoms with Crippen LogP contribution in [0.3, 0.4) is 0 Å². The zero-order valence-corrected chi connectivity index (χ0v) is 17.9. The highest BCUT2D eigenvalue weighted by Crippen LogP contribution is 2.24. The minimum Gasteiger partial charge on any atom is -0.311 e. The highest BCUT2D eigenvalue weighted by Gasteiger charge is 2.15. The zero-order chi connectivity index (χ0) is 21.6. The summed E-state index contributed by atoms with van der Waals surface area (Å²) in [6.45, 7) is 0. The highest BCUT2D eigenvalue weighted by molar-refractivity contribution is 7.99. The maximum absolute atomic E-state index is 11.6. The van der Waals surface area contributed by atoms with Crippen LogP contribution in [0.5, 0.6) is 0 Å². The molecule has 4 aromatic rings. The fraction of sp³-hybridized carbons (Fsp3) is 0.0909. The molecule has 156 valence electrons. The summed E-state index contributed by atoms with van der Waals surface area (Å²) in [5, 5.41) is 9.96. The molecule has 0 aliphatic heterocycles. The Bertz CT molecular complexity index is 1280. The number of nitrogens with one attached hydrogen (secondary N) is 2. The molecule has 2 aromatic carbocycles. The molecule has 2 N–H and O–H groups in total. The normalized spacial score (nSPS) is 11.3. The number of hydrogen-bond donors (Lipinski definition) is 2. The van der Waals surface area contributed by atoms with Crippen LogP contribution in [0.25, 0.3) is 11.8 Å². The summed E-state index contributed by atoms with van der Waals surface area (Å²) in [6, 6.07) is 18.7. The Morgan fingerprint density at radius 1 is 1.00 bits per heavy atom. The van der Waals surface area contributed by atoms with Crippen molar-refractivity contribution in [2.45, 2.75) is 11.6 Å². The molecule has 0 aliphatic carbocycles. The third-order valence-electron chi connectivity index (χ3n) is 4.37. The van der Waals surface area contributed by atoms with E-state index in [-0.39, 0.29) is 6.42 Å². The van der Waals surface area contributed by atoms with Gasteiger partial charge in [0.1, 0.15) is 5.82 Å². The van der Waals surface area contributed by atoms with E-state index in [1.54, 1.807) is 12.1 Å². The van der Waals surface area contributed by atoms with Crippen molar-refractivity contribution in [2.75, 3.05) is 5.75 Å². The van der Waals surface area contributed by atoms with Crippen molar-refractivity contribution < 1.29 is 0 Å². The van der Waals surface area contributed by atoms with Crippen LogP contribution in [-0.4, -0.2) is 30.5 Å². The third kappa shape index (κ3) is 5.42. The Balaban J connectivity index is 1.62. The Morgan fingerprint density at radius 2 is 1.77 bits per heavy atom. The monoisotopic (exact) mass is 451 g/mol. The molecule has 0 bridgehead atoms. The first-order valence-electron chi connectivity index (χ1n) is 9.45. The molecule has 9 heteroatoms. The van der Waals surface area contributed by atoms with Crippen molar-refractivity contribution in [3.63, 3.8) is 0 Å². The molecule has 0 amide bonds. The number of aromatic nitrogens is 5. The predicted octanol–water partition coefficient (Wildman–Crippen LogP) is 3.69. The number of nitrogens with zero attached hydrogens (tertiary/aromatic N) is 3. The highest BCUT2D eigenvalue weighted by atomic mass is 35.5. The predicted molar refractivity (Wildman–Crippen MR) is 123 cm³/mol. The quantitative estimate of drug-likeness (QED) is 0.418. The maximum Gasteiger partial charge on any atom is 0.325 e. The number of halogens is 1. The molecule has 4 rings (SSSR count). The van der Waals surface area contributed by atoms with Gasteiger partial charge in [-0.1, -0.05) is 65.8 Å². The van der Waals surface area contributed by atoms with Crippen LogP contribution in [-0.2, 0) is 6.42 Å². The van der Waals surface area contributed by atoms with Gasteiger partial charge in [-0.2, -0.15) is 0 Å². The van der Waals surface area contributed by atoms with Crippen molar-refractivity contribution >= 4 is 29.4 Å². The van der Waals surface area contributed by atoms with Gasteiger partial charge >= 0.3 is 5.69 Å². The fourth-order valence-corrected chi connectivity index (χ4v) is 3.92. The number of aromatic amines is 2. The molecular weight excluding hydrogens is 434 g/mol. The average Bonchev–Trinajstić information content (AvgIpc) is 3.14. The molecule has 2 aromatic heterocycles. The molecule has 0 fully saturated rings. The second-order valence-electron chi connectivity index (χ2n) is 6.62. The maximum atomic E-state index is 11.6. The molecule has 0 unspecified atom stereocenters. The van der Waals surface area contributed by atoms with E-state index in [0.717, 1.165) is 11.3 Å². The first-order valence-corrected chi connectivity index (χ1v) is 10.8. The van der Waals surface area contributed by atoms with Crippen LogP contribution in [0.1, 0.15) is 17.1 Å². The van der Waals surface area contributed by atoms with Gasteiger partial charge < -0.3 is 4.98 Å². The Hall–Kier alpha value is -3.36. The zero-order valence-electron chi connectivity index (χ0n) is 16.3. The van der Waals surface area contributed by atoms with Crippen LogP contribution in [0.15, 0.2) is 81.5 Å². The number of H-pyrrole nitrogens is 2. The summed E-state index contributed by atoms with van der Waals surface area (Å²) in [7, 11) is 0. The van der Waals surface area contributed by atoms with E-state index < -0.39 is 11.2 Å². The van der Waals surface area contributed by atoms with Crippen LogP contribution in [0.2, 0.25) is 5.02 Å².